The third kappa shape index (κ3) is 4.56. The van der Waals surface area contributed by atoms with Crippen molar-refractivity contribution in [2.45, 2.75) is 58.5 Å². The fourth-order valence-electron chi connectivity index (χ4n) is 4.09. The second-order valence-electron chi connectivity index (χ2n) is 8.89. The van der Waals surface area contributed by atoms with E-state index in [1.165, 1.54) is 30.0 Å². The maximum Gasteiger partial charge on any atom is 0.271 e. The number of ketones is 1. The molecule has 2 aromatic rings. The van der Waals surface area contributed by atoms with Gasteiger partial charge in [0, 0.05) is 18.1 Å². The van der Waals surface area contributed by atoms with Crippen molar-refractivity contribution in [3.8, 4) is 0 Å². The highest BCUT2D eigenvalue weighted by Crippen LogP contribution is 2.36. The molecule has 1 amide bonds. The van der Waals surface area contributed by atoms with Crippen LogP contribution in [0.3, 0.4) is 0 Å². The number of nitrogens with one attached hydrogen (secondary N) is 2. The van der Waals surface area contributed by atoms with E-state index in [1.54, 1.807) is 0 Å². The molecule has 2 N–H and O–H groups in total. The zero-order valence-electron chi connectivity index (χ0n) is 18.8. The average molecular weight is 442 g/mol. The lowest BCUT2D eigenvalue weighted by atomic mass is 9.83. The van der Waals surface area contributed by atoms with Crippen LogP contribution >= 0.6 is 0 Å². The Labute approximate surface area is 187 Å². The zero-order chi connectivity index (χ0) is 23.7. The Morgan fingerprint density at radius 2 is 1.84 bits per heavy atom. The van der Waals surface area contributed by atoms with Crippen LogP contribution in [0, 0.1) is 11.3 Å². The average Bonchev–Trinajstić information content (AvgIpc) is 2.97. The lowest BCUT2D eigenvalue weighted by Crippen LogP contribution is -2.44. The third-order valence-electron chi connectivity index (χ3n) is 5.85. The van der Waals surface area contributed by atoms with Crippen LogP contribution in [-0.4, -0.2) is 22.5 Å². The molecule has 0 aliphatic carbocycles. The Balaban J connectivity index is 1.96. The van der Waals surface area contributed by atoms with Gasteiger partial charge in [0.15, 0.2) is 11.7 Å². The summed E-state index contributed by atoms with van der Waals surface area (Å²) in [6.45, 7) is 6.16. The zero-order valence-corrected chi connectivity index (χ0v) is 18.8. The van der Waals surface area contributed by atoms with E-state index < -0.39 is 17.2 Å². The fraction of sp³-hybridized carbons (Fsp3) is 0.400. The summed E-state index contributed by atoms with van der Waals surface area (Å²) >= 11 is 0. The van der Waals surface area contributed by atoms with Crippen LogP contribution in [0.5, 0.6) is 0 Å². The van der Waals surface area contributed by atoms with Crippen molar-refractivity contribution in [1.82, 2.24) is 10.2 Å². The van der Waals surface area contributed by atoms with Gasteiger partial charge < -0.3 is 5.32 Å². The van der Waals surface area contributed by atoms with Crippen molar-refractivity contribution in [2.24, 2.45) is 5.92 Å². The molecule has 3 rings (SSSR count). The highest BCUT2D eigenvalue weighted by atomic mass is 19.3. The van der Waals surface area contributed by atoms with E-state index in [4.69, 9.17) is 5.41 Å². The summed E-state index contributed by atoms with van der Waals surface area (Å²) in [6, 6.07) is 13.4. The Bertz CT molecular complexity index is 1030. The van der Waals surface area contributed by atoms with Gasteiger partial charge in [0.2, 0.25) is 0 Å². The minimum atomic E-state index is -3.16. The van der Waals surface area contributed by atoms with Crippen LogP contribution in [0.15, 0.2) is 48.5 Å². The summed E-state index contributed by atoms with van der Waals surface area (Å²) in [6.07, 6.45) is 1.30. The molecule has 0 saturated carbocycles. The van der Waals surface area contributed by atoms with Crippen molar-refractivity contribution in [3.63, 3.8) is 0 Å². The van der Waals surface area contributed by atoms with Gasteiger partial charge in [-0.2, -0.15) is 0 Å². The number of hydrogen-bond acceptors (Lipinski definition) is 3. The van der Waals surface area contributed by atoms with Crippen molar-refractivity contribution < 1.29 is 18.4 Å². The fourth-order valence-corrected chi connectivity index (χ4v) is 4.09. The SMILES string of the molecule is CC(=O)c1cc(CN2C(=N)NC(CCC(C)C)(c3ccccc3)C2=O)ccc1C(C)(F)F. The molecule has 170 valence electrons. The van der Waals surface area contributed by atoms with Crippen LogP contribution in [0.2, 0.25) is 0 Å². The van der Waals surface area contributed by atoms with E-state index in [-0.39, 0.29) is 29.5 Å². The summed E-state index contributed by atoms with van der Waals surface area (Å²) in [7, 11) is 0. The highest BCUT2D eigenvalue weighted by molar-refractivity contribution is 6.08. The Morgan fingerprint density at radius 3 is 2.41 bits per heavy atom. The standard InChI is InChI=1S/C25H29F2N3O2/c1-16(2)12-13-25(19-8-6-5-7-9-19)22(32)30(23(28)29-25)15-18-10-11-21(24(4,26)27)20(14-18)17(3)31/h5-11,14,16H,12-13,15H2,1-4H3,(H2,28,29). The molecule has 1 aliphatic heterocycles. The Kier molecular flexibility index (Phi) is 6.49. The predicted molar refractivity (Wildman–Crippen MR) is 120 cm³/mol. The predicted octanol–water partition coefficient (Wildman–Crippen LogP) is 5.20. The van der Waals surface area contributed by atoms with Crippen LogP contribution in [-0.2, 0) is 22.8 Å². The van der Waals surface area contributed by atoms with Gasteiger partial charge >= 0.3 is 0 Å². The molecule has 0 radical (unpaired) electrons. The number of benzene rings is 2. The van der Waals surface area contributed by atoms with Gasteiger partial charge in [0.05, 0.1) is 6.54 Å². The number of guanidine groups is 1. The lowest BCUT2D eigenvalue weighted by molar-refractivity contribution is -0.132. The van der Waals surface area contributed by atoms with Gasteiger partial charge in [-0.05, 0) is 42.9 Å². The molecule has 0 aromatic heterocycles. The first-order chi connectivity index (χ1) is 15.0. The molecule has 1 fully saturated rings. The molecule has 1 aliphatic rings. The molecule has 5 nitrogen and oxygen atoms in total. The van der Waals surface area contributed by atoms with Crippen LogP contribution in [0.4, 0.5) is 8.78 Å². The molecular formula is C25H29F2N3O2. The summed E-state index contributed by atoms with van der Waals surface area (Å²) in [5.74, 6) is -3.56. The number of halogens is 2. The van der Waals surface area contributed by atoms with E-state index in [0.717, 1.165) is 18.9 Å². The minimum absolute atomic E-state index is 0.0107. The molecule has 1 atom stereocenters. The first-order valence-electron chi connectivity index (χ1n) is 10.7. The Hall–Kier alpha value is -3.09. The molecule has 1 heterocycles. The molecule has 1 unspecified atom stereocenters. The normalized spacial score (nSPS) is 18.9. The van der Waals surface area contributed by atoms with E-state index in [0.29, 0.717) is 17.9 Å². The van der Waals surface area contributed by atoms with Crippen LogP contribution in [0.1, 0.15) is 67.6 Å². The number of amides is 1. The van der Waals surface area contributed by atoms with Gasteiger partial charge in [-0.3, -0.25) is 19.9 Å². The molecule has 0 spiro atoms. The number of nitrogens with zero attached hydrogens (tertiary/aromatic N) is 1. The second kappa shape index (κ2) is 8.81. The van der Waals surface area contributed by atoms with Crippen molar-refractivity contribution in [2.75, 3.05) is 0 Å². The quantitative estimate of drug-likeness (QED) is 0.553. The molecule has 1 saturated heterocycles. The van der Waals surface area contributed by atoms with Gasteiger partial charge in [0.1, 0.15) is 5.54 Å². The van der Waals surface area contributed by atoms with Crippen molar-refractivity contribution in [1.29, 1.82) is 5.41 Å². The molecular weight excluding hydrogens is 412 g/mol. The largest absolute Gasteiger partial charge is 0.338 e. The topological polar surface area (TPSA) is 73.3 Å². The number of Topliss-reactive ketones (excluding diaryl/α,β-unsaturated/α-hetero) is 1. The van der Waals surface area contributed by atoms with E-state index in [1.807, 2.05) is 30.3 Å². The summed E-state index contributed by atoms with van der Waals surface area (Å²) in [4.78, 5) is 27.0. The van der Waals surface area contributed by atoms with E-state index in [2.05, 4.69) is 19.2 Å². The first kappa shape index (κ1) is 23.6. The third-order valence-corrected chi connectivity index (χ3v) is 5.85. The van der Waals surface area contributed by atoms with E-state index >= 15 is 0 Å². The van der Waals surface area contributed by atoms with Gasteiger partial charge in [0.25, 0.3) is 11.8 Å². The van der Waals surface area contributed by atoms with E-state index in [9.17, 15) is 18.4 Å². The summed E-state index contributed by atoms with van der Waals surface area (Å²) in [5, 5.41) is 11.6. The van der Waals surface area contributed by atoms with Gasteiger partial charge in [-0.15, -0.1) is 0 Å². The van der Waals surface area contributed by atoms with Crippen molar-refractivity contribution >= 4 is 17.6 Å². The number of rotatable bonds is 8. The molecule has 0 bridgehead atoms. The monoisotopic (exact) mass is 441 g/mol. The highest BCUT2D eigenvalue weighted by Gasteiger charge is 2.50. The number of carbonyl (C=O) groups excluding carboxylic acids is 2. The van der Waals surface area contributed by atoms with Gasteiger partial charge in [-0.25, -0.2) is 8.78 Å². The minimum Gasteiger partial charge on any atom is -0.338 e. The van der Waals surface area contributed by atoms with Crippen molar-refractivity contribution in [3.05, 3.63) is 70.8 Å². The Morgan fingerprint density at radius 1 is 1.19 bits per heavy atom. The first-order valence-corrected chi connectivity index (χ1v) is 10.7. The van der Waals surface area contributed by atoms with Gasteiger partial charge in [-0.1, -0.05) is 56.3 Å². The maximum absolute atomic E-state index is 13.9. The number of carbonyl (C=O) groups is 2. The number of hydrogen-bond donors (Lipinski definition) is 2. The molecule has 2 aromatic carbocycles. The van der Waals surface area contributed by atoms with Crippen LogP contribution < -0.4 is 5.32 Å². The maximum atomic E-state index is 13.9. The summed E-state index contributed by atoms with van der Waals surface area (Å²) < 4.78 is 27.8. The number of alkyl halides is 2. The molecule has 32 heavy (non-hydrogen) atoms. The lowest BCUT2D eigenvalue weighted by Gasteiger charge is -2.28. The second-order valence-corrected chi connectivity index (χ2v) is 8.89. The summed E-state index contributed by atoms with van der Waals surface area (Å²) in [5.41, 5.74) is -0.178. The van der Waals surface area contributed by atoms with Crippen LogP contribution in [0.25, 0.3) is 0 Å². The smallest absolute Gasteiger partial charge is 0.271 e. The molecule has 7 heteroatoms.